The van der Waals surface area contributed by atoms with Crippen LogP contribution in [0.2, 0.25) is 0 Å². The molecule has 2 rings (SSSR count). The summed E-state index contributed by atoms with van der Waals surface area (Å²) in [6.07, 6.45) is 2.90. The van der Waals surface area contributed by atoms with Gasteiger partial charge in [-0.1, -0.05) is 12.1 Å². The van der Waals surface area contributed by atoms with Crippen molar-refractivity contribution in [3.63, 3.8) is 0 Å². The third-order valence-electron chi connectivity index (χ3n) is 2.35. The summed E-state index contributed by atoms with van der Waals surface area (Å²) in [5.74, 6) is 0.687. The maximum atomic E-state index is 11.4. The highest BCUT2D eigenvalue weighted by molar-refractivity contribution is 5.92. The minimum absolute atomic E-state index is 0.00556. The molecule has 1 amide bonds. The number of rotatable bonds is 3. The van der Waals surface area contributed by atoms with E-state index < -0.39 is 0 Å². The number of nitrogens with one attached hydrogen (secondary N) is 1. The number of aromatic hydroxyl groups is 1. The molecule has 0 spiro atoms. The summed E-state index contributed by atoms with van der Waals surface area (Å²) < 4.78 is 0. The molecule has 1 aliphatic rings. The van der Waals surface area contributed by atoms with Crippen molar-refractivity contribution >= 4 is 11.6 Å². The summed E-state index contributed by atoms with van der Waals surface area (Å²) in [6.45, 7) is 0. The van der Waals surface area contributed by atoms with Crippen molar-refractivity contribution in [2.45, 2.75) is 19.3 Å². The maximum absolute atomic E-state index is 11.4. The monoisotopic (exact) mass is 191 g/mol. The molecular formula is C11H13NO2. The van der Waals surface area contributed by atoms with Gasteiger partial charge in [0.2, 0.25) is 5.91 Å². The lowest BCUT2D eigenvalue weighted by molar-refractivity contribution is -0.116. The van der Waals surface area contributed by atoms with Gasteiger partial charge in [0, 0.05) is 6.42 Å². The van der Waals surface area contributed by atoms with Crippen LogP contribution in [-0.2, 0) is 4.79 Å². The van der Waals surface area contributed by atoms with Gasteiger partial charge in [-0.05, 0) is 30.9 Å². The molecule has 0 radical (unpaired) electrons. The topological polar surface area (TPSA) is 49.3 Å². The molecule has 1 aromatic carbocycles. The molecule has 0 saturated heterocycles. The predicted molar refractivity (Wildman–Crippen MR) is 54.1 cm³/mol. The Morgan fingerprint density at radius 2 is 2.14 bits per heavy atom. The van der Waals surface area contributed by atoms with Gasteiger partial charge in [-0.3, -0.25) is 4.79 Å². The van der Waals surface area contributed by atoms with Gasteiger partial charge in [0.1, 0.15) is 5.75 Å². The van der Waals surface area contributed by atoms with Crippen LogP contribution in [0.1, 0.15) is 19.3 Å². The van der Waals surface area contributed by atoms with E-state index in [-0.39, 0.29) is 11.7 Å². The number of phenols is 1. The fourth-order valence-corrected chi connectivity index (χ4v) is 1.36. The SMILES string of the molecule is O=C(CC1CC1)Nc1ccccc1O. The van der Waals surface area contributed by atoms with E-state index in [0.717, 1.165) is 12.8 Å². The number of hydrogen-bond acceptors (Lipinski definition) is 2. The first-order valence-electron chi connectivity index (χ1n) is 4.83. The molecule has 0 unspecified atom stereocenters. The second-order valence-corrected chi connectivity index (χ2v) is 3.71. The number of benzene rings is 1. The Morgan fingerprint density at radius 1 is 1.43 bits per heavy atom. The molecule has 1 aromatic rings. The van der Waals surface area contributed by atoms with E-state index in [9.17, 15) is 9.90 Å². The fourth-order valence-electron chi connectivity index (χ4n) is 1.36. The molecule has 74 valence electrons. The van der Waals surface area contributed by atoms with Crippen molar-refractivity contribution in [3.05, 3.63) is 24.3 Å². The third-order valence-corrected chi connectivity index (χ3v) is 2.35. The second kappa shape index (κ2) is 3.70. The van der Waals surface area contributed by atoms with Crippen molar-refractivity contribution < 1.29 is 9.90 Å². The maximum Gasteiger partial charge on any atom is 0.224 e. The molecule has 3 nitrogen and oxygen atoms in total. The summed E-state index contributed by atoms with van der Waals surface area (Å²) in [5.41, 5.74) is 0.498. The van der Waals surface area contributed by atoms with Crippen LogP contribution in [-0.4, -0.2) is 11.0 Å². The highest BCUT2D eigenvalue weighted by atomic mass is 16.3. The molecule has 0 bridgehead atoms. The molecule has 14 heavy (non-hydrogen) atoms. The van der Waals surface area contributed by atoms with E-state index in [0.29, 0.717) is 18.0 Å². The molecule has 3 heteroatoms. The largest absolute Gasteiger partial charge is 0.506 e. The quantitative estimate of drug-likeness (QED) is 0.719. The van der Waals surface area contributed by atoms with E-state index in [1.54, 1.807) is 24.3 Å². The molecule has 0 aromatic heterocycles. The van der Waals surface area contributed by atoms with Crippen LogP contribution in [0.15, 0.2) is 24.3 Å². The van der Waals surface area contributed by atoms with Crippen molar-refractivity contribution in [3.8, 4) is 5.75 Å². The lowest BCUT2D eigenvalue weighted by atomic mass is 10.2. The van der Waals surface area contributed by atoms with Gasteiger partial charge in [-0.25, -0.2) is 0 Å². The van der Waals surface area contributed by atoms with Crippen LogP contribution in [0.3, 0.4) is 0 Å². The normalized spacial score (nSPS) is 15.1. The number of carbonyl (C=O) groups is 1. The van der Waals surface area contributed by atoms with Crippen molar-refractivity contribution in [2.24, 2.45) is 5.92 Å². The lowest BCUT2D eigenvalue weighted by Gasteiger charge is -2.05. The highest BCUT2D eigenvalue weighted by Crippen LogP contribution is 2.33. The summed E-state index contributed by atoms with van der Waals surface area (Å²) in [5, 5.41) is 12.1. The Kier molecular flexibility index (Phi) is 2.39. The molecular weight excluding hydrogens is 178 g/mol. The summed E-state index contributed by atoms with van der Waals surface area (Å²) in [7, 11) is 0. The van der Waals surface area contributed by atoms with Crippen LogP contribution in [0.25, 0.3) is 0 Å². The van der Waals surface area contributed by atoms with E-state index in [2.05, 4.69) is 5.32 Å². The van der Waals surface area contributed by atoms with Crippen molar-refractivity contribution in [1.29, 1.82) is 0 Å². The van der Waals surface area contributed by atoms with Crippen LogP contribution >= 0.6 is 0 Å². The Balaban J connectivity index is 1.95. The molecule has 0 heterocycles. The first kappa shape index (κ1) is 9.06. The lowest BCUT2D eigenvalue weighted by Crippen LogP contribution is -2.11. The zero-order chi connectivity index (χ0) is 9.97. The Hall–Kier alpha value is -1.51. The minimum Gasteiger partial charge on any atom is -0.506 e. The summed E-state index contributed by atoms with van der Waals surface area (Å²) in [4.78, 5) is 11.4. The van der Waals surface area contributed by atoms with Gasteiger partial charge in [0.05, 0.1) is 5.69 Å². The van der Waals surface area contributed by atoms with Crippen molar-refractivity contribution in [2.75, 3.05) is 5.32 Å². The molecule has 1 saturated carbocycles. The fraction of sp³-hybridized carbons (Fsp3) is 0.364. The summed E-state index contributed by atoms with van der Waals surface area (Å²) >= 11 is 0. The first-order valence-corrected chi connectivity index (χ1v) is 4.83. The van der Waals surface area contributed by atoms with E-state index in [4.69, 9.17) is 0 Å². The molecule has 2 N–H and O–H groups in total. The van der Waals surface area contributed by atoms with Crippen molar-refractivity contribution in [1.82, 2.24) is 0 Å². The van der Waals surface area contributed by atoms with Gasteiger partial charge < -0.3 is 10.4 Å². The molecule has 0 aliphatic heterocycles. The second-order valence-electron chi connectivity index (χ2n) is 3.71. The van der Waals surface area contributed by atoms with Crippen LogP contribution in [0, 0.1) is 5.92 Å². The van der Waals surface area contributed by atoms with Gasteiger partial charge in [0.15, 0.2) is 0 Å². The first-order chi connectivity index (χ1) is 6.75. The minimum atomic E-state index is -0.00556. The summed E-state index contributed by atoms with van der Waals surface area (Å²) in [6, 6.07) is 6.77. The molecule has 1 aliphatic carbocycles. The number of anilines is 1. The van der Waals surface area contributed by atoms with Gasteiger partial charge in [-0.2, -0.15) is 0 Å². The zero-order valence-corrected chi connectivity index (χ0v) is 7.86. The van der Waals surface area contributed by atoms with Crippen LogP contribution < -0.4 is 5.32 Å². The standard InChI is InChI=1S/C11H13NO2/c13-10-4-2-1-3-9(10)12-11(14)7-8-5-6-8/h1-4,8,13H,5-7H2,(H,12,14). The molecule has 1 fully saturated rings. The average Bonchev–Trinajstić information content (AvgIpc) is 2.93. The van der Waals surface area contributed by atoms with E-state index >= 15 is 0 Å². The third kappa shape index (κ3) is 2.25. The van der Waals surface area contributed by atoms with Gasteiger partial charge >= 0.3 is 0 Å². The number of phenolic OH excluding ortho intramolecular Hbond substituents is 1. The van der Waals surface area contributed by atoms with Crippen LogP contribution in [0.5, 0.6) is 5.75 Å². The number of hydrogen-bond donors (Lipinski definition) is 2. The van der Waals surface area contributed by atoms with Gasteiger partial charge in [-0.15, -0.1) is 0 Å². The average molecular weight is 191 g/mol. The highest BCUT2D eigenvalue weighted by Gasteiger charge is 2.24. The zero-order valence-electron chi connectivity index (χ0n) is 7.86. The Morgan fingerprint density at radius 3 is 2.79 bits per heavy atom. The van der Waals surface area contributed by atoms with E-state index in [1.807, 2.05) is 0 Å². The Labute approximate surface area is 82.8 Å². The Bertz CT molecular complexity index is 345. The van der Waals surface area contributed by atoms with E-state index in [1.165, 1.54) is 0 Å². The number of carbonyl (C=O) groups excluding carboxylic acids is 1. The molecule has 0 atom stereocenters. The number of amides is 1. The smallest absolute Gasteiger partial charge is 0.224 e. The van der Waals surface area contributed by atoms with Gasteiger partial charge in [0.25, 0.3) is 0 Å². The predicted octanol–water partition coefficient (Wildman–Crippen LogP) is 2.13. The number of para-hydroxylation sites is 2. The van der Waals surface area contributed by atoms with Crippen LogP contribution in [0.4, 0.5) is 5.69 Å².